The summed E-state index contributed by atoms with van der Waals surface area (Å²) in [6.07, 6.45) is 0. The highest BCUT2D eigenvalue weighted by molar-refractivity contribution is 6.54. The predicted molar refractivity (Wildman–Crippen MR) is 55.6 cm³/mol. The Bertz CT molecular complexity index is 169. The number of hydrogen-bond acceptors (Lipinski definition) is 1. The van der Waals surface area contributed by atoms with Crippen LogP contribution < -0.4 is 5.73 Å². The Balaban J connectivity index is 0.000000218. The van der Waals surface area contributed by atoms with Crippen LogP contribution in [-0.2, 0) is 0 Å². The van der Waals surface area contributed by atoms with E-state index >= 15 is 0 Å². The summed E-state index contributed by atoms with van der Waals surface area (Å²) in [4.78, 5) is 0. The molecule has 0 aliphatic carbocycles. The number of anilines is 1. The summed E-state index contributed by atoms with van der Waals surface area (Å²) in [5, 5.41) is 0. The Labute approximate surface area is 70.8 Å². The van der Waals surface area contributed by atoms with Gasteiger partial charge in [0.2, 0.25) is 0 Å². The van der Waals surface area contributed by atoms with E-state index in [0.717, 1.165) is 5.69 Å². The van der Waals surface area contributed by atoms with Gasteiger partial charge in [-0.05, 0) is 12.1 Å². The molecule has 1 nitrogen and oxygen atoms in total. The molecule has 0 spiro atoms. The summed E-state index contributed by atoms with van der Waals surface area (Å²) in [7, 11) is -0.139. The molecule has 0 saturated heterocycles. The lowest BCUT2D eigenvalue weighted by atomic mass is 10.3. The van der Waals surface area contributed by atoms with Gasteiger partial charge < -0.3 is 5.73 Å². The Morgan fingerprint density at radius 2 is 1.36 bits per heavy atom. The lowest BCUT2D eigenvalue weighted by Crippen LogP contribution is -1.84. The van der Waals surface area contributed by atoms with Gasteiger partial charge in [0.05, 0.1) is 0 Å². The highest BCUT2D eigenvalue weighted by Gasteiger charge is 1.72. The van der Waals surface area contributed by atoms with E-state index in [1.807, 2.05) is 30.3 Å². The standard InChI is InChI=1S/C6H7N.C3H10Si/c7-6-4-2-1-3-5-6;1-4(2)3/h1-5H,7H2;4H,1-3H3. The van der Waals surface area contributed by atoms with Crippen LogP contribution in [0.2, 0.25) is 19.6 Å². The van der Waals surface area contributed by atoms with Gasteiger partial charge in [0, 0.05) is 14.5 Å². The lowest BCUT2D eigenvalue weighted by molar-refractivity contribution is 1.69. The van der Waals surface area contributed by atoms with Crippen molar-refractivity contribution in [3.05, 3.63) is 30.3 Å². The molecule has 0 radical (unpaired) electrons. The molecule has 0 saturated carbocycles. The van der Waals surface area contributed by atoms with Gasteiger partial charge in [0.15, 0.2) is 0 Å². The van der Waals surface area contributed by atoms with Crippen LogP contribution in [0.15, 0.2) is 30.3 Å². The summed E-state index contributed by atoms with van der Waals surface area (Å²) in [6, 6.07) is 9.49. The second-order valence-corrected chi connectivity index (χ2v) is 6.61. The summed E-state index contributed by atoms with van der Waals surface area (Å²) in [5.41, 5.74) is 6.18. The van der Waals surface area contributed by atoms with Gasteiger partial charge in [-0.25, -0.2) is 0 Å². The monoisotopic (exact) mass is 167 g/mol. The molecule has 0 heterocycles. The summed E-state index contributed by atoms with van der Waals surface area (Å²) >= 11 is 0. The molecular weight excluding hydrogens is 150 g/mol. The molecule has 11 heavy (non-hydrogen) atoms. The summed E-state index contributed by atoms with van der Waals surface area (Å²) < 4.78 is 0. The van der Waals surface area contributed by atoms with Crippen molar-refractivity contribution in [1.29, 1.82) is 0 Å². The average molecular weight is 167 g/mol. The third-order valence-corrected chi connectivity index (χ3v) is 0.800. The van der Waals surface area contributed by atoms with E-state index in [2.05, 4.69) is 19.6 Å². The molecule has 0 unspecified atom stereocenters. The first kappa shape index (κ1) is 10.2. The molecule has 0 atom stereocenters. The molecule has 0 amide bonds. The molecule has 62 valence electrons. The van der Waals surface area contributed by atoms with Gasteiger partial charge in [-0.2, -0.15) is 0 Å². The fourth-order valence-electron chi connectivity index (χ4n) is 0.453. The van der Waals surface area contributed by atoms with Gasteiger partial charge in [0.1, 0.15) is 0 Å². The second-order valence-electron chi connectivity index (χ2n) is 3.14. The normalized spacial score (nSPS) is 8.73. The SMILES string of the molecule is C[SiH](C)C.Nc1ccccc1. The molecule has 0 aromatic heterocycles. The molecule has 0 aliphatic rings. The van der Waals surface area contributed by atoms with Crippen molar-refractivity contribution in [2.24, 2.45) is 0 Å². The van der Waals surface area contributed by atoms with Crippen LogP contribution in [-0.4, -0.2) is 8.80 Å². The van der Waals surface area contributed by atoms with Gasteiger partial charge in [-0.1, -0.05) is 37.8 Å². The minimum atomic E-state index is -0.139. The molecule has 2 N–H and O–H groups in total. The second kappa shape index (κ2) is 5.98. The Kier molecular flexibility index (Phi) is 5.57. The largest absolute Gasteiger partial charge is 0.399 e. The van der Waals surface area contributed by atoms with Crippen LogP contribution in [0.4, 0.5) is 5.69 Å². The van der Waals surface area contributed by atoms with Gasteiger partial charge >= 0.3 is 0 Å². The van der Waals surface area contributed by atoms with Gasteiger partial charge in [-0.15, -0.1) is 0 Å². The maximum atomic E-state index is 5.36. The highest BCUT2D eigenvalue weighted by atomic mass is 28.3. The Morgan fingerprint density at radius 1 is 1.00 bits per heavy atom. The maximum Gasteiger partial charge on any atom is 0.0313 e. The third-order valence-electron chi connectivity index (χ3n) is 0.800. The minimum absolute atomic E-state index is 0.139. The predicted octanol–water partition coefficient (Wildman–Crippen LogP) is 2.37. The number of hydrogen-bond donors (Lipinski definition) is 1. The fraction of sp³-hybridized carbons (Fsp3) is 0.333. The summed E-state index contributed by atoms with van der Waals surface area (Å²) in [6.45, 7) is 6.92. The minimum Gasteiger partial charge on any atom is -0.399 e. The van der Waals surface area contributed by atoms with E-state index in [4.69, 9.17) is 5.73 Å². The molecule has 0 bridgehead atoms. The van der Waals surface area contributed by atoms with Crippen molar-refractivity contribution >= 4 is 14.5 Å². The zero-order valence-corrected chi connectivity index (χ0v) is 8.70. The smallest absolute Gasteiger partial charge is 0.0313 e. The molecular formula is C9H17NSi. The van der Waals surface area contributed by atoms with E-state index in [-0.39, 0.29) is 8.80 Å². The van der Waals surface area contributed by atoms with Crippen LogP contribution in [0.3, 0.4) is 0 Å². The Hall–Kier alpha value is -0.763. The first-order valence-electron chi connectivity index (χ1n) is 3.93. The van der Waals surface area contributed by atoms with Crippen LogP contribution in [0.1, 0.15) is 0 Å². The van der Waals surface area contributed by atoms with Crippen LogP contribution in [0.5, 0.6) is 0 Å². The first-order chi connectivity index (χ1) is 5.13. The van der Waals surface area contributed by atoms with Crippen molar-refractivity contribution in [2.45, 2.75) is 19.6 Å². The number of rotatable bonds is 0. The van der Waals surface area contributed by atoms with Gasteiger partial charge in [0.25, 0.3) is 0 Å². The zero-order chi connectivity index (χ0) is 8.69. The first-order valence-corrected chi connectivity index (χ1v) is 7.40. The van der Waals surface area contributed by atoms with E-state index in [1.54, 1.807) is 0 Å². The maximum absolute atomic E-state index is 5.36. The molecule has 2 heteroatoms. The van der Waals surface area contributed by atoms with E-state index in [0.29, 0.717) is 0 Å². The molecule has 1 aromatic rings. The molecule has 0 fully saturated rings. The van der Waals surface area contributed by atoms with Crippen LogP contribution >= 0.6 is 0 Å². The van der Waals surface area contributed by atoms with Crippen molar-refractivity contribution in [1.82, 2.24) is 0 Å². The van der Waals surface area contributed by atoms with Gasteiger partial charge in [-0.3, -0.25) is 0 Å². The topological polar surface area (TPSA) is 26.0 Å². The highest BCUT2D eigenvalue weighted by Crippen LogP contribution is 1.95. The van der Waals surface area contributed by atoms with Crippen LogP contribution in [0.25, 0.3) is 0 Å². The average Bonchev–Trinajstić information content (AvgIpc) is 1.87. The Morgan fingerprint density at radius 3 is 1.55 bits per heavy atom. The number of para-hydroxylation sites is 1. The third kappa shape index (κ3) is 9.24. The quantitative estimate of drug-likeness (QED) is 0.466. The van der Waals surface area contributed by atoms with E-state index in [9.17, 15) is 0 Å². The number of nitrogen functional groups attached to an aromatic ring is 1. The molecule has 1 aromatic carbocycles. The number of nitrogens with two attached hydrogens (primary N) is 1. The zero-order valence-electron chi connectivity index (χ0n) is 7.54. The van der Waals surface area contributed by atoms with Crippen LogP contribution in [0, 0.1) is 0 Å². The van der Waals surface area contributed by atoms with Crippen molar-refractivity contribution in [3.8, 4) is 0 Å². The fourth-order valence-corrected chi connectivity index (χ4v) is 0.453. The van der Waals surface area contributed by atoms with Crippen molar-refractivity contribution in [3.63, 3.8) is 0 Å². The van der Waals surface area contributed by atoms with E-state index < -0.39 is 0 Å². The lowest BCUT2D eigenvalue weighted by Gasteiger charge is -1.83. The van der Waals surface area contributed by atoms with Crippen molar-refractivity contribution < 1.29 is 0 Å². The molecule has 1 rings (SSSR count). The van der Waals surface area contributed by atoms with Crippen molar-refractivity contribution in [2.75, 3.05) is 5.73 Å². The summed E-state index contributed by atoms with van der Waals surface area (Å²) in [5.74, 6) is 0. The van der Waals surface area contributed by atoms with E-state index in [1.165, 1.54) is 0 Å². The number of benzene rings is 1. The molecule has 0 aliphatic heterocycles.